The molecule has 12 heteroatoms. The zero-order chi connectivity index (χ0) is 38.6. The van der Waals surface area contributed by atoms with E-state index in [1.165, 1.54) is 12.3 Å². The number of terminal acetylenes is 1. The van der Waals surface area contributed by atoms with Crippen molar-refractivity contribution >= 4 is 34.7 Å². The van der Waals surface area contributed by atoms with Crippen molar-refractivity contribution in [3.05, 3.63) is 70.0 Å². The second-order valence-electron chi connectivity index (χ2n) is 16.1. The number of benzene rings is 3. The number of piperazine rings is 1. The standard InChI is InChI=1S/C43H47FN6O5/c1-6-25-7-9-26(10-8-25)23-53-39-37(36-24(2)34(44)19-35(46)33(36)20-45)31(27-11-12-27)18-32-38(39)47-41(54-30-13-15-52-16-14-30)48-40(32)49-21-29-17-28(49)22-50(29)42(51)55-43(3,4)5/h1,7-10,18-20,27-30,45H,11-17,21-23,46H2,2-5H3/t28-,29-/m0/s1. The van der Waals surface area contributed by atoms with E-state index >= 15 is 4.39 Å². The number of carbonyl (C=O) groups excluding carboxylic acids is 1. The van der Waals surface area contributed by atoms with Crippen molar-refractivity contribution in [2.75, 3.05) is 36.9 Å². The molecule has 8 rings (SSSR count). The molecule has 1 amide bonds. The van der Waals surface area contributed by atoms with Gasteiger partial charge in [0, 0.05) is 65.5 Å². The van der Waals surface area contributed by atoms with Crippen molar-refractivity contribution in [1.29, 1.82) is 5.41 Å². The summed E-state index contributed by atoms with van der Waals surface area (Å²) in [6, 6.07) is 11.1. The smallest absolute Gasteiger partial charge is 0.410 e. The highest BCUT2D eigenvalue weighted by atomic mass is 19.1. The monoisotopic (exact) mass is 746 g/mol. The van der Waals surface area contributed by atoms with Gasteiger partial charge in [0.1, 0.15) is 35.5 Å². The number of nitrogens with one attached hydrogen (secondary N) is 1. The zero-order valence-electron chi connectivity index (χ0n) is 31.8. The second kappa shape index (κ2) is 14.3. The Hall–Kier alpha value is -5.41. The number of fused-ring (bicyclic) bond motifs is 3. The quantitative estimate of drug-likeness (QED) is 0.101. The van der Waals surface area contributed by atoms with Crippen molar-refractivity contribution in [3.8, 4) is 35.2 Å². The molecule has 55 heavy (non-hydrogen) atoms. The number of amides is 1. The molecule has 0 spiro atoms. The number of nitrogen functional groups attached to an aromatic ring is 1. The van der Waals surface area contributed by atoms with Crippen molar-refractivity contribution in [3.63, 3.8) is 0 Å². The first-order valence-electron chi connectivity index (χ1n) is 19.1. The number of hydrogen-bond donors (Lipinski definition) is 2. The van der Waals surface area contributed by atoms with E-state index in [4.69, 9.17) is 46.5 Å². The molecule has 1 saturated carbocycles. The Balaban J connectivity index is 1.33. The van der Waals surface area contributed by atoms with Crippen LogP contribution in [-0.4, -0.2) is 77.3 Å². The van der Waals surface area contributed by atoms with E-state index in [0.717, 1.165) is 41.3 Å². The fourth-order valence-electron chi connectivity index (χ4n) is 8.14. The van der Waals surface area contributed by atoms with Gasteiger partial charge in [-0.3, -0.25) is 0 Å². The van der Waals surface area contributed by atoms with Crippen molar-refractivity contribution < 1.29 is 28.1 Å². The van der Waals surface area contributed by atoms with Gasteiger partial charge < -0.3 is 39.9 Å². The predicted octanol–water partition coefficient (Wildman–Crippen LogP) is 7.52. The van der Waals surface area contributed by atoms with E-state index in [0.29, 0.717) is 78.5 Å². The maximum absolute atomic E-state index is 15.7. The highest BCUT2D eigenvalue weighted by Gasteiger charge is 2.48. The average molecular weight is 747 g/mol. The minimum absolute atomic E-state index is 0.00980. The number of carbonyl (C=O) groups is 1. The lowest BCUT2D eigenvalue weighted by Gasteiger charge is -2.36. The van der Waals surface area contributed by atoms with E-state index < -0.39 is 11.4 Å². The molecular formula is C43H47FN6O5. The average Bonchev–Trinajstić information content (AvgIpc) is 3.81. The highest BCUT2D eigenvalue weighted by Crippen LogP contribution is 2.53. The molecule has 3 N–H and O–H groups in total. The fraction of sp³-hybridized carbons (Fsp3) is 0.442. The molecule has 1 aliphatic carbocycles. The lowest BCUT2D eigenvalue weighted by atomic mass is 9.87. The summed E-state index contributed by atoms with van der Waals surface area (Å²) in [5, 5.41) is 9.20. The van der Waals surface area contributed by atoms with E-state index in [1.807, 2.05) is 49.9 Å². The summed E-state index contributed by atoms with van der Waals surface area (Å²) < 4.78 is 40.5. The molecule has 4 aliphatic rings. The van der Waals surface area contributed by atoms with E-state index in [1.54, 1.807) is 6.92 Å². The Bertz CT molecular complexity index is 2200. The molecule has 4 fully saturated rings. The predicted molar refractivity (Wildman–Crippen MR) is 210 cm³/mol. The Morgan fingerprint density at radius 1 is 1.09 bits per heavy atom. The summed E-state index contributed by atoms with van der Waals surface area (Å²) in [6.07, 6.45) is 10.4. The zero-order valence-corrected chi connectivity index (χ0v) is 31.8. The molecule has 1 aromatic heterocycles. The number of nitrogens with two attached hydrogens (primary N) is 1. The van der Waals surface area contributed by atoms with Crippen LogP contribution < -0.4 is 20.1 Å². The van der Waals surface area contributed by atoms with Crippen LogP contribution in [0.25, 0.3) is 22.0 Å². The summed E-state index contributed by atoms with van der Waals surface area (Å²) in [7, 11) is 0. The van der Waals surface area contributed by atoms with Gasteiger partial charge in [-0.25, -0.2) is 9.18 Å². The highest BCUT2D eigenvalue weighted by molar-refractivity contribution is 6.05. The number of halogens is 1. The van der Waals surface area contributed by atoms with Gasteiger partial charge in [0.25, 0.3) is 0 Å². The summed E-state index contributed by atoms with van der Waals surface area (Å²) in [6.45, 7) is 9.72. The van der Waals surface area contributed by atoms with Crippen LogP contribution in [0.5, 0.6) is 11.8 Å². The van der Waals surface area contributed by atoms with Crippen molar-refractivity contribution in [2.24, 2.45) is 0 Å². The third-order valence-corrected chi connectivity index (χ3v) is 11.0. The van der Waals surface area contributed by atoms with Crippen LogP contribution >= 0.6 is 0 Å². The SMILES string of the molecule is C#Cc1ccc(COc2c(-c3c(C)c(F)cc(N)c3C=N)c(C3CC3)cc3c(N4C[C@@H]5C[C@H]4CN5C(=O)OC(C)(C)C)nc(OC4CCOCC4)nc23)cc1. The van der Waals surface area contributed by atoms with Crippen LogP contribution in [0.4, 0.5) is 20.7 Å². The van der Waals surface area contributed by atoms with Gasteiger partial charge in [-0.2, -0.15) is 9.97 Å². The molecule has 0 radical (unpaired) electrons. The van der Waals surface area contributed by atoms with Gasteiger partial charge in [0.2, 0.25) is 0 Å². The van der Waals surface area contributed by atoms with Crippen LogP contribution in [-0.2, 0) is 16.1 Å². The molecule has 286 valence electrons. The largest absolute Gasteiger partial charge is 0.486 e. The normalized spacial score (nSPS) is 19.8. The van der Waals surface area contributed by atoms with Gasteiger partial charge in [-0.05, 0) is 93.8 Å². The summed E-state index contributed by atoms with van der Waals surface area (Å²) in [5.41, 5.74) is 11.0. The number of anilines is 2. The minimum Gasteiger partial charge on any atom is -0.486 e. The number of hydrogen-bond acceptors (Lipinski definition) is 10. The lowest BCUT2D eigenvalue weighted by molar-refractivity contribution is 0.0206. The molecule has 0 unspecified atom stereocenters. The van der Waals surface area contributed by atoms with Gasteiger partial charge in [-0.15, -0.1) is 6.42 Å². The molecule has 2 bridgehead atoms. The maximum atomic E-state index is 15.7. The van der Waals surface area contributed by atoms with Gasteiger partial charge in [0.05, 0.1) is 25.3 Å². The third kappa shape index (κ3) is 7.13. The number of rotatable bonds is 9. The Labute approximate surface area is 320 Å². The first kappa shape index (κ1) is 36.6. The number of nitrogens with zero attached hydrogens (tertiary/aromatic N) is 4. The molecule has 4 heterocycles. The molecule has 11 nitrogen and oxygen atoms in total. The van der Waals surface area contributed by atoms with E-state index in [-0.39, 0.29) is 48.5 Å². The topological polar surface area (TPSA) is 136 Å². The number of likely N-dealkylation sites (tertiary alicyclic amines) is 1. The molecule has 3 aliphatic heterocycles. The van der Waals surface area contributed by atoms with Crippen molar-refractivity contribution in [2.45, 2.75) is 96.1 Å². The van der Waals surface area contributed by atoms with Gasteiger partial charge in [-0.1, -0.05) is 18.1 Å². The number of ether oxygens (including phenoxy) is 4. The second-order valence-corrected chi connectivity index (χ2v) is 16.1. The summed E-state index contributed by atoms with van der Waals surface area (Å²) in [5.74, 6) is 3.50. The van der Waals surface area contributed by atoms with Crippen LogP contribution in [0.2, 0.25) is 0 Å². The first-order valence-corrected chi connectivity index (χ1v) is 19.1. The van der Waals surface area contributed by atoms with Crippen LogP contribution in [0, 0.1) is 30.5 Å². The molecule has 3 saturated heterocycles. The Morgan fingerprint density at radius 3 is 2.47 bits per heavy atom. The van der Waals surface area contributed by atoms with E-state index in [9.17, 15) is 4.79 Å². The van der Waals surface area contributed by atoms with Crippen LogP contribution in [0.1, 0.15) is 86.6 Å². The van der Waals surface area contributed by atoms with Crippen molar-refractivity contribution in [1.82, 2.24) is 14.9 Å². The Morgan fingerprint density at radius 2 is 1.84 bits per heavy atom. The van der Waals surface area contributed by atoms with E-state index in [2.05, 4.69) is 16.9 Å². The molecular weight excluding hydrogens is 700 g/mol. The minimum atomic E-state index is -0.600. The lowest BCUT2D eigenvalue weighted by Crippen LogP contribution is -2.50. The first-order chi connectivity index (χ1) is 26.4. The molecule has 4 aromatic rings. The van der Waals surface area contributed by atoms with Gasteiger partial charge >= 0.3 is 12.1 Å². The Kier molecular flexibility index (Phi) is 9.53. The summed E-state index contributed by atoms with van der Waals surface area (Å²) in [4.78, 5) is 27.6. The van der Waals surface area contributed by atoms with Crippen LogP contribution in [0.15, 0.2) is 36.4 Å². The van der Waals surface area contributed by atoms with Gasteiger partial charge in [0.15, 0.2) is 5.75 Å². The fourth-order valence-corrected chi connectivity index (χ4v) is 8.14. The van der Waals surface area contributed by atoms with Crippen LogP contribution in [0.3, 0.4) is 0 Å². The molecule has 3 aromatic carbocycles. The molecule has 2 atom stereocenters. The maximum Gasteiger partial charge on any atom is 0.410 e. The number of aromatic nitrogens is 2. The summed E-state index contributed by atoms with van der Waals surface area (Å²) >= 11 is 0. The third-order valence-electron chi connectivity index (χ3n) is 11.0.